The number of benzene rings is 1. The number of allylic oxidation sites excluding steroid dienone is 2. The predicted molar refractivity (Wildman–Crippen MR) is 154 cm³/mol. The van der Waals surface area contributed by atoms with Crippen molar-refractivity contribution in [3.8, 4) is 11.8 Å². The molecule has 0 aromatic heterocycles. The lowest BCUT2D eigenvalue weighted by atomic mass is 10.0. The molecule has 0 saturated heterocycles. The Hall–Kier alpha value is -1.94. The number of phosphoric ester groups is 1. The van der Waals surface area contributed by atoms with E-state index < -0.39 is 20.5 Å². The summed E-state index contributed by atoms with van der Waals surface area (Å²) in [6.45, 7) is 1.85. The molecule has 1 rings (SSSR count). The molecule has 1 aromatic carbocycles. The Morgan fingerprint density at radius 3 is 2.15 bits per heavy atom. The SMILES string of the molecule is CCCCCCCC/C=C\CCCCCCCC(=O)NC(COP(=O)([O-])[O-])Cc1ccc(C#CCCO)cc1. The fourth-order valence-corrected chi connectivity index (χ4v) is 4.58. The maximum absolute atomic E-state index is 12.5. The van der Waals surface area contributed by atoms with Crippen molar-refractivity contribution in [1.29, 1.82) is 0 Å². The minimum absolute atomic E-state index is 0.00669. The second kappa shape index (κ2) is 22.8. The van der Waals surface area contributed by atoms with Gasteiger partial charge in [0.15, 0.2) is 0 Å². The molecular formula is C31H48NO6P-2. The summed E-state index contributed by atoms with van der Waals surface area (Å²) in [7, 11) is -5.14. The third-order valence-corrected chi connectivity index (χ3v) is 6.84. The van der Waals surface area contributed by atoms with Crippen LogP contribution in [0.3, 0.4) is 0 Å². The normalized spacial score (nSPS) is 12.3. The van der Waals surface area contributed by atoms with Crippen LogP contribution in [-0.2, 0) is 20.3 Å². The van der Waals surface area contributed by atoms with Crippen LogP contribution >= 0.6 is 7.82 Å². The van der Waals surface area contributed by atoms with E-state index in [1.807, 2.05) is 24.3 Å². The van der Waals surface area contributed by atoms with E-state index >= 15 is 0 Å². The summed E-state index contributed by atoms with van der Waals surface area (Å²) in [5, 5.41) is 11.6. The Morgan fingerprint density at radius 2 is 1.56 bits per heavy atom. The first-order chi connectivity index (χ1) is 18.8. The van der Waals surface area contributed by atoms with Gasteiger partial charge in [0.25, 0.3) is 0 Å². The first-order valence-corrected chi connectivity index (χ1v) is 16.1. The minimum atomic E-state index is -5.14. The molecule has 1 aromatic rings. The molecule has 0 fully saturated rings. The summed E-state index contributed by atoms with van der Waals surface area (Å²) < 4.78 is 15.4. The van der Waals surface area contributed by atoms with E-state index in [2.05, 4.69) is 40.8 Å². The van der Waals surface area contributed by atoms with Gasteiger partial charge in [-0.25, -0.2) is 0 Å². The van der Waals surface area contributed by atoms with Gasteiger partial charge in [0.05, 0.1) is 27.1 Å². The van der Waals surface area contributed by atoms with Crippen molar-refractivity contribution in [2.45, 2.75) is 116 Å². The van der Waals surface area contributed by atoms with Crippen LogP contribution in [0.4, 0.5) is 0 Å². The Balaban J connectivity index is 2.28. The lowest BCUT2D eigenvalue weighted by Gasteiger charge is -2.31. The van der Waals surface area contributed by atoms with E-state index in [0.717, 1.165) is 49.7 Å². The molecule has 220 valence electrons. The average Bonchev–Trinajstić information content (AvgIpc) is 2.90. The molecule has 7 nitrogen and oxygen atoms in total. The van der Waals surface area contributed by atoms with Gasteiger partial charge in [-0.2, -0.15) is 0 Å². The lowest BCUT2D eigenvalue weighted by Crippen LogP contribution is -2.40. The number of rotatable bonds is 22. The smallest absolute Gasteiger partial charge is 0.220 e. The largest absolute Gasteiger partial charge is 0.790 e. The number of nitrogens with one attached hydrogen (secondary N) is 1. The quantitative estimate of drug-likeness (QED) is 0.0854. The molecular weight excluding hydrogens is 513 g/mol. The van der Waals surface area contributed by atoms with Crippen molar-refractivity contribution in [3.63, 3.8) is 0 Å². The summed E-state index contributed by atoms with van der Waals surface area (Å²) in [6.07, 6.45) is 21.0. The molecule has 0 heterocycles. The van der Waals surface area contributed by atoms with Gasteiger partial charge in [0.2, 0.25) is 5.91 Å². The van der Waals surface area contributed by atoms with E-state index in [1.165, 1.54) is 44.9 Å². The number of aliphatic hydroxyl groups is 1. The van der Waals surface area contributed by atoms with Gasteiger partial charge in [0, 0.05) is 18.4 Å². The van der Waals surface area contributed by atoms with Gasteiger partial charge in [-0.15, -0.1) is 0 Å². The number of carbonyl (C=O) groups is 1. The molecule has 2 N–H and O–H groups in total. The van der Waals surface area contributed by atoms with E-state index in [1.54, 1.807) is 0 Å². The molecule has 0 aliphatic heterocycles. The topological polar surface area (TPSA) is 122 Å². The first kappa shape index (κ1) is 35.1. The van der Waals surface area contributed by atoms with Crippen molar-refractivity contribution >= 4 is 13.7 Å². The fraction of sp³-hybridized carbons (Fsp3) is 0.645. The highest BCUT2D eigenvalue weighted by Gasteiger charge is 2.14. The van der Waals surface area contributed by atoms with Crippen molar-refractivity contribution in [2.75, 3.05) is 13.2 Å². The lowest BCUT2D eigenvalue weighted by molar-refractivity contribution is -0.342. The summed E-state index contributed by atoms with van der Waals surface area (Å²) >= 11 is 0. The van der Waals surface area contributed by atoms with E-state index in [4.69, 9.17) is 5.11 Å². The van der Waals surface area contributed by atoms with Gasteiger partial charge < -0.3 is 29.3 Å². The maximum Gasteiger partial charge on any atom is 0.220 e. The third-order valence-electron chi connectivity index (χ3n) is 6.37. The Kier molecular flexibility index (Phi) is 20.5. The maximum atomic E-state index is 12.5. The molecule has 0 spiro atoms. The van der Waals surface area contributed by atoms with Crippen LogP contribution in [0.1, 0.15) is 114 Å². The van der Waals surface area contributed by atoms with Crippen LogP contribution in [0.15, 0.2) is 36.4 Å². The number of phosphoric acid groups is 1. The van der Waals surface area contributed by atoms with Crippen LogP contribution in [-0.4, -0.2) is 30.3 Å². The van der Waals surface area contributed by atoms with Gasteiger partial charge >= 0.3 is 0 Å². The van der Waals surface area contributed by atoms with Gasteiger partial charge in [0.1, 0.15) is 0 Å². The second-order valence-corrected chi connectivity index (χ2v) is 11.2. The molecule has 8 heteroatoms. The van der Waals surface area contributed by atoms with Gasteiger partial charge in [-0.3, -0.25) is 4.79 Å². The molecule has 1 unspecified atom stereocenters. The number of hydrogen-bond donors (Lipinski definition) is 2. The van der Waals surface area contributed by atoms with Crippen molar-refractivity contribution in [2.24, 2.45) is 0 Å². The highest BCUT2D eigenvalue weighted by atomic mass is 31.2. The number of carbonyl (C=O) groups excluding carboxylic acids is 1. The molecule has 39 heavy (non-hydrogen) atoms. The highest BCUT2D eigenvalue weighted by Crippen LogP contribution is 2.25. The van der Waals surface area contributed by atoms with Crippen molar-refractivity contribution in [1.82, 2.24) is 5.32 Å². The summed E-state index contributed by atoms with van der Waals surface area (Å²) in [5.41, 5.74) is 1.64. The molecule has 0 bridgehead atoms. The summed E-state index contributed by atoms with van der Waals surface area (Å²) in [6, 6.07) is 6.66. The van der Waals surface area contributed by atoms with Crippen LogP contribution in [0.5, 0.6) is 0 Å². The molecule has 1 amide bonds. The van der Waals surface area contributed by atoms with E-state index in [0.29, 0.717) is 19.3 Å². The summed E-state index contributed by atoms with van der Waals surface area (Å²) in [4.78, 5) is 34.4. The van der Waals surface area contributed by atoms with E-state index in [9.17, 15) is 19.1 Å². The van der Waals surface area contributed by atoms with Crippen LogP contribution in [0.2, 0.25) is 0 Å². The second-order valence-electron chi connectivity index (χ2n) is 10.0. The highest BCUT2D eigenvalue weighted by molar-refractivity contribution is 7.43. The number of aliphatic hydroxyl groups excluding tert-OH is 1. The zero-order chi connectivity index (χ0) is 28.6. The summed E-state index contributed by atoms with van der Waals surface area (Å²) in [5.74, 6) is 5.60. The first-order valence-electron chi connectivity index (χ1n) is 14.6. The van der Waals surface area contributed by atoms with Crippen LogP contribution < -0.4 is 15.1 Å². The Bertz CT molecular complexity index is 900. The third kappa shape index (κ3) is 21.5. The fourth-order valence-electron chi connectivity index (χ4n) is 4.22. The monoisotopic (exact) mass is 561 g/mol. The zero-order valence-corrected chi connectivity index (χ0v) is 24.6. The Morgan fingerprint density at radius 1 is 0.974 bits per heavy atom. The predicted octanol–water partition coefficient (Wildman–Crippen LogP) is 5.33. The average molecular weight is 562 g/mol. The zero-order valence-electron chi connectivity index (χ0n) is 23.7. The Labute approximate surface area is 236 Å². The molecule has 1 atom stereocenters. The molecule has 0 saturated carbocycles. The number of unbranched alkanes of at least 4 members (excludes halogenated alkanes) is 11. The van der Waals surface area contributed by atoms with Gasteiger partial charge in [-0.05, 0) is 56.2 Å². The number of hydrogen-bond acceptors (Lipinski definition) is 6. The number of amides is 1. The molecule has 0 aliphatic rings. The van der Waals surface area contributed by atoms with Gasteiger partial charge in [-0.1, -0.05) is 94.4 Å². The van der Waals surface area contributed by atoms with Crippen LogP contribution in [0, 0.1) is 11.8 Å². The molecule has 0 aliphatic carbocycles. The van der Waals surface area contributed by atoms with E-state index in [-0.39, 0.29) is 12.5 Å². The standard InChI is InChI=1S/C31H50NO6P/c1-2-3-4-5-6-7-8-9-10-11-12-13-14-15-16-20-31(34)32-30(27-38-39(35,36)37)26-29-23-21-28(22-24-29)19-17-18-25-33/h9-10,21-24,30,33H,2-8,11-16,18,20,25-27H2,1H3,(H,32,34)(H2,35,36,37)/p-2/b10-9-. The van der Waals surface area contributed by atoms with Crippen molar-refractivity contribution in [3.05, 3.63) is 47.5 Å². The minimum Gasteiger partial charge on any atom is -0.790 e. The molecule has 0 radical (unpaired) electrons. The van der Waals surface area contributed by atoms with Crippen molar-refractivity contribution < 1.29 is 28.8 Å². The van der Waals surface area contributed by atoms with Crippen LogP contribution in [0.25, 0.3) is 0 Å².